The molecular formula is C15H15F3N2S. The number of aromatic nitrogens is 1. The highest BCUT2D eigenvalue weighted by atomic mass is 32.1. The van der Waals surface area contributed by atoms with Crippen LogP contribution in [0.3, 0.4) is 0 Å². The molecule has 112 valence electrons. The predicted octanol–water partition coefficient (Wildman–Crippen LogP) is 4.56. The van der Waals surface area contributed by atoms with Crippen molar-refractivity contribution in [2.75, 3.05) is 0 Å². The molecule has 1 heterocycles. The van der Waals surface area contributed by atoms with E-state index < -0.39 is 17.3 Å². The maximum atomic E-state index is 13.1. The monoisotopic (exact) mass is 312 g/mol. The fourth-order valence-corrected chi connectivity index (χ4v) is 3.79. The standard InChI is InChI=1S/C15H15F3N2S/c16-15(17,18)11-6-2-1-5-10(11)12-9-21-13(20-12)14(19)7-3-4-8-14/h1-2,5-6,9H,3-4,7-8,19H2. The van der Waals surface area contributed by atoms with Gasteiger partial charge in [-0.15, -0.1) is 11.3 Å². The Labute approximate surface area is 124 Å². The van der Waals surface area contributed by atoms with E-state index in [-0.39, 0.29) is 5.56 Å². The minimum absolute atomic E-state index is 0.120. The Bertz CT molecular complexity index is 642. The molecule has 0 saturated heterocycles. The van der Waals surface area contributed by atoms with Crippen LogP contribution >= 0.6 is 11.3 Å². The van der Waals surface area contributed by atoms with Crippen molar-refractivity contribution in [1.29, 1.82) is 0 Å². The van der Waals surface area contributed by atoms with Gasteiger partial charge in [-0.05, 0) is 18.9 Å². The molecule has 0 bridgehead atoms. The lowest BCUT2D eigenvalue weighted by atomic mass is 10.00. The molecule has 1 aliphatic rings. The van der Waals surface area contributed by atoms with Crippen molar-refractivity contribution >= 4 is 11.3 Å². The Hall–Kier alpha value is -1.40. The Morgan fingerprint density at radius 2 is 1.81 bits per heavy atom. The van der Waals surface area contributed by atoms with Crippen molar-refractivity contribution in [2.45, 2.75) is 37.4 Å². The molecule has 1 saturated carbocycles. The van der Waals surface area contributed by atoms with Crippen molar-refractivity contribution in [3.05, 3.63) is 40.2 Å². The molecule has 0 amide bonds. The number of benzene rings is 1. The van der Waals surface area contributed by atoms with Crippen LogP contribution in [0.5, 0.6) is 0 Å². The highest BCUT2D eigenvalue weighted by Crippen LogP contribution is 2.41. The summed E-state index contributed by atoms with van der Waals surface area (Å²) >= 11 is 1.36. The molecule has 0 aliphatic heterocycles. The quantitative estimate of drug-likeness (QED) is 0.883. The lowest BCUT2D eigenvalue weighted by Crippen LogP contribution is -2.32. The number of alkyl halides is 3. The van der Waals surface area contributed by atoms with E-state index in [4.69, 9.17) is 5.73 Å². The summed E-state index contributed by atoms with van der Waals surface area (Å²) in [5.74, 6) is 0. The maximum absolute atomic E-state index is 13.1. The zero-order valence-electron chi connectivity index (χ0n) is 11.3. The number of hydrogen-bond donors (Lipinski definition) is 1. The fraction of sp³-hybridized carbons (Fsp3) is 0.400. The van der Waals surface area contributed by atoms with E-state index in [1.165, 1.54) is 23.5 Å². The third-order valence-electron chi connectivity index (χ3n) is 3.93. The average molecular weight is 312 g/mol. The number of rotatable bonds is 2. The Morgan fingerprint density at radius 1 is 1.14 bits per heavy atom. The van der Waals surface area contributed by atoms with Gasteiger partial charge < -0.3 is 5.73 Å². The number of nitrogens with zero attached hydrogens (tertiary/aromatic N) is 1. The van der Waals surface area contributed by atoms with Gasteiger partial charge in [0.25, 0.3) is 0 Å². The molecule has 3 rings (SSSR count). The van der Waals surface area contributed by atoms with Crippen LogP contribution in [-0.4, -0.2) is 4.98 Å². The highest BCUT2D eigenvalue weighted by Gasteiger charge is 2.36. The number of thiazole rings is 1. The van der Waals surface area contributed by atoms with Crippen LogP contribution in [0.25, 0.3) is 11.3 Å². The third-order valence-corrected chi connectivity index (χ3v) is 5.00. The van der Waals surface area contributed by atoms with Gasteiger partial charge in [0.1, 0.15) is 5.01 Å². The van der Waals surface area contributed by atoms with Crippen molar-refractivity contribution in [1.82, 2.24) is 4.98 Å². The summed E-state index contributed by atoms with van der Waals surface area (Å²) in [6.45, 7) is 0. The van der Waals surface area contributed by atoms with Gasteiger partial charge in [-0.2, -0.15) is 13.2 Å². The molecule has 2 aromatic rings. The maximum Gasteiger partial charge on any atom is 0.417 e. The SMILES string of the molecule is NC1(c2nc(-c3ccccc3C(F)(F)F)cs2)CCCC1. The first-order valence-electron chi connectivity index (χ1n) is 6.82. The van der Waals surface area contributed by atoms with Gasteiger partial charge in [-0.3, -0.25) is 0 Å². The molecule has 0 atom stereocenters. The second-order valence-corrected chi connectivity index (χ2v) is 6.30. The second kappa shape index (κ2) is 5.10. The molecule has 2 nitrogen and oxygen atoms in total. The van der Waals surface area contributed by atoms with Gasteiger partial charge in [-0.1, -0.05) is 31.0 Å². The average Bonchev–Trinajstić information content (AvgIpc) is 3.07. The van der Waals surface area contributed by atoms with Crippen LogP contribution < -0.4 is 5.73 Å². The van der Waals surface area contributed by atoms with Crippen LogP contribution in [-0.2, 0) is 11.7 Å². The Balaban J connectivity index is 2.01. The molecule has 0 radical (unpaired) electrons. The summed E-state index contributed by atoms with van der Waals surface area (Å²) in [7, 11) is 0. The molecule has 1 aromatic carbocycles. The summed E-state index contributed by atoms with van der Waals surface area (Å²) in [6.07, 6.45) is -0.592. The molecule has 1 fully saturated rings. The molecule has 1 aliphatic carbocycles. The van der Waals surface area contributed by atoms with Gasteiger partial charge >= 0.3 is 6.18 Å². The first-order valence-corrected chi connectivity index (χ1v) is 7.70. The molecule has 6 heteroatoms. The van der Waals surface area contributed by atoms with E-state index in [1.807, 2.05) is 0 Å². The van der Waals surface area contributed by atoms with Gasteiger partial charge in [0.15, 0.2) is 0 Å². The van der Waals surface area contributed by atoms with E-state index in [0.717, 1.165) is 36.8 Å². The molecule has 1 aromatic heterocycles. The molecule has 21 heavy (non-hydrogen) atoms. The summed E-state index contributed by atoms with van der Waals surface area (Å²) in [4.78, 5) is 4.40. The molecular weight excluding hydrogens is 297 g/mol. The van der Waals surface area contributed by atoms with Crippen LogP contribution in [0.1, 0.15) is 36.3 Å². The minimum atomic E-state index is -4.38. The lowest BCUT2D eigenvalue weighted by Gasteiger charge is -2.20. The van der Waals surface area contributed by atoms with Crippen LogP contribution in [0.2, 0.25) is 0 Å². The number of halogens is 3. The van der Waals surface area contributed by atoms with Gasteiger partial charge in [0, 0.05) is 10.9 Å². The highest BCUT2D eigenvalue weighted by molar-refractivity contribution is 7.10. The minimum Gasteiger partial charge on any atom is -0.319 e. The van der Waals surface area contributed by atoms with Crippen LogP contribution in [0.15, 0.2) is 29.6 Å². The van der Waals surface area contributed by atoms with Gasteiger partial charge in [0.05, 0.1) is 16.8 Å². The van der Waals surface area contributed by atoms with Crippen molar-refractivity contribution < 1.29 is 13.2 Å². The zero-order valence-corrected chi connectivity index (χ0v) is 12.1. The van der Waals surface area contributed by atoms with E-state index in [0.29, 0.717) is 5.69 Å². The van der Waals surface area contributed by atoms with Gasteiger partial charge in [-0.25, -0.2) is 4.98 Å². The van der Waals surface area contributed by atoms with Crippen molar-refractivity contribution in [2.24, 2.45) is 5.73 Å². The topological polar surface area (TPSA) is 38.9 Å². The summed E-state index contributed by atoms with van der Waals surface area (Å²) in [5.41, 5.74) is 5.69. The van der Waals surface area contributed by atoms with E-state index in [1.54, 1.807) is 11.4 Å². The predicted molar refractivity (Wildman–Crippen MR) is 76.9 cm³/mol. The Kier molecular flexibility index (Phi) is 3.53. The van der Waals surface area contributed by atoms with Crippen LogP contribution in [0.4, 0.5) is 13.2 Å². The van der Waals surface area contributed by atoms with Crippen molar-refractivity contribution in [3.63, 3.8) is 0 Å². The molecule has 2 N–H and O–H groups in total. The van der Waals surface area contributed by atoms with Gasteiger partial charge in [0.2, 0.25) is 0 Å². The van der Waals surface area contributed by atoms with E-state index >= 15 is 0 Å². The first-order chi connectivity index (χ1) is 9.90. The second-order valence-electron chi connectivity index (χ2n) is 5.44. The zero-order chi connectivity index (χ0) is 15.1. The first kappa shape index (κ1) is 14.5. The normalized spacial score (nSPS) is 18.1. The lowest BCUT2D eigenvalue weighted by molar-refractivity contribution is -0.137. The fourth-order valence-electron chi connectivity index (χ4n) is 2.80. The summed E-state index contributed by atoms with van der Waals surface area (Å²) in [5, 5.41) is 2.42. The number of nitrogens with two attached hydrogens (primary N) is 1. The number of hydrogen-bond acceptors (Lipinski definition) is 3. The van der Waals surface area contributed by atoms with Crippen LogP contribution in [0, 0.1) is 0 Å². The molecule has 0 spiro atoms. The third kappa shape index (κ3) is 2.70. The summed E-state index contributed by atoms with van der Waals surface area (Å²) < 4.78 is 39.2. The van der Waals surface area contributed by atoms with Crippen molar-refractivity contribution in [3.8, 4) is 11.3 Å². The Morgan fingerprint density at radius 3 is 2.48 bits per heavy atom. The largest absolute Gasteiger partial charge is 0.417 e. The summed E-state index contributed by atoms with van der Waals surface area (Å²) in [6, 6.07) is 5.53. The van der Waals surface area contributed by atoms with E-state index in [9.17, 15) is 13.2 Å². The molecule has 0 unspecified atom stereocenters. The van der Waals surface area contributed by atoms with E-state index in [2.05, 4.69) is 4.98 Å². The smallest absolute Gasteiger partial charge is 0.319 e.